The van der Waals surface area contributed by atoms with Crippen LogP contribution in [0.15, 0.2) is 4.79 Å². The molecule has 2 rings (SSSR count). The Morgan fingerprint density at radius 2 is 2.04 bits per heavy atom. The van der Waals surface area contributed by atoms with Crippen molar-refractivity contribution in [2.75, 3.05) is 12.8 Å². The molecule has 1 aliphatic carbocycles. The van der Waals surface area contributed by atoms with E-state index in [2.05, 4.69) is 20.0 Å². The zero-order valence-electron chi connectivity index (χ0n) is 14.9. The van der Waals surface area contributed by atoms with Crippen molar-refractivity contribution in [2.24, 2.45) is 5.92 Å². The molecule has 9 heteroatoms. The number of hydrogen-bond acceptors (Lipinski definition) is 5. The molecule has 1 aliphatic rings. The van der Waals surface area contributed by atoms with Crippen LogP contribution in [0.2, 0.25) is 0 Å². The van der Waals surface area contributed by atoms with E-state index in [9.17, 15) is 18.0 Å². The van der Waals surface area contributed by atoms with Gasteiger partial charge < -0.3 is 10.3 Å². The first-order valence-corrected chi connectivity index (χ1v) is 10.3. The van der Waals surface area contributed by atoms with Crippen LogP contribution >= 0.6 is 0 Å². The van der Waals surface area contributed by atoms with E-state index in [0.29, 0.717) is 30.0 Å². The molecule has 0 radical (unpaired) electrons. The van der Waals surface area contributed by atoms with Crippen LogP contribution in [0.5, 0.6) is 0 Å². The fourth-order valence-corrected chi connectivity index (χ4v) is 3.81. The molecule has 0 aromatic carbocycles. The van der Waals surface area contributed by atoms with Crippen LogP contribution in [0.25, 0.3) is 0 Å². The second-order valence-electron chi connectivity index (χ2n) is 6.70. The number of sulfonamides is 1. The molecule has 1 amide bonds. The summed E-state index contributed by atoms with van der Waals surface area (Å²) in [6.07, 6.45) is 4.35. The number of amides is 1. The molecule has 3 N–H and O–H groups in total. The smallest absolute Gasteiger partial charge is 0.254 e. The van der Waals surface area contributed by atoms with Crippen molar-refractivity contribution < 1.29 is 13.2 Å². The molecule has 0 aliphatic heterocycles. The molecule has 25 heavy (non-hydrogen) atoms. The van der Waals surface area contributed by atoms with Gasteiger partial charge in [-0.2, -0.15) is 0 Å². The molecule has 8 nitrogen and oxygen atoms in total. The first kappa shape index (κ1) is 19.6. The Bertz CT molecular complexity index is 788. The van der Waals surface area contributed by atoms with Crippen LogP contribution in [0, 0.1) is 19.8 Å². The minimum absolute atomic E-state index is 0.0303. The van der Waals surface area contributed by atoms with Gasteiger partial charge in [-0.25, -0.2) is 18.1 Å². The third kappa shape index (κ3) is 5.93. The number of H-pyrrole nitrogens is 1. The lowest BCUT2D eigenvalue weighted by molar-refractivity contribution is -0.122. The van der Waals surface area contributed by atoms with E-state index in [1.807, 2.05) is 0 Å². The molecule has 1 fully saturated rings. The lowest BCUT2D eigenvalue weighted by atomic mass is 10.0. The molecule has 0 saturated heterocycles. The van der Waals surface area contributed by atoms with E-state index in [4.69, 9.17) is 0 Å². The Kier molecular flexibility index (Phi) is 6.34. The van der Waals surface area contributed by atoms with Gasteiger partial charge in [0.05, 0.1) is 6.26 Å². The van der Waals surface area contributed by atoms with Gasteiger partial charge in [-0.15, -0.1) is 0 Å². The fourth-order valence-electron chi connectivity index (χ4n) is 3.29. The van der Waals surface area contributed by atoms with E-state index >= 15 is 0 Å². The highest BCUT2D eigenvalue weighted by atomic mass is 32.2. The second-order valence-corrected chi connectivity index (χ2v) is 8.53. The van der Waals surface area contributed by atoms with Crippen molar-refractivity contribution in [2.45, 2.75) is 52.0 Å². The topological polar surface area (TPSA) is 121 Å². The van der Waals surface area contributed by atoms with Crippen molar-refractivity contribution >= 4 is 15.9 Å². The van der Waals surface area contributed by atoms with E-state index in [0.717, 1.165) is 25.5 Å². The minimum Gasteiger partial charge on any atom is -0.353 e. The molecular formula is C16H26N4O4S. The number of carbonyl (C=O) groups is 1. The van der Waals surface area contributed by atoms with Gasteiger partial charge in [0, 0.05) is 30.3 Å². The molecule has 1 aromatic rings. The summed E-state index contributed by atoms with van der Waals surface area (Å²) in [7, 11) is -3.23. The molecule has 2 atom stereocenters. The third-order valence-corrected chi connectivity index (χ3v) is 5.25. The van der Waals surface area contributed by atoms with Gasteiger partial charge in [-0.1, -0.05) is 6.42 Å². The van der Waals surface area contributed by atoms with Crippen LogP contribution in [0.1, 0.15) is 42.8 Å². The summed E-state index contributed by atoms with van der Waals surface area (Å²) in [5, 5.41) is 2.98. The predicted octanol–water partition coefficient (Wildman–Crippen LogP) is 0.153. The highest BCUT2D eigenvalue weighted by Gasteiger charge is 2.29. The summed E-state index contributed by atoms with van der Waals surface area (Å²) in [6.45, 7) is 3.82. The summed E-state index contributed by atoms with van der Waals surface area (Å²) in [5.41, 5.74) is 0.974. The summed E-state index contributed by atoms with van der Waals surface area (Å²) < 4.78 is 25.0. The standard InChI is InChI=1S/C16H26N4O4S/c1-10-13(16(22)19-11(2)18-10)7-8-15(21)20-14-6-4-5-12(14)9-17-25(3,23)24/h12,14,17H,4-9H2,1-3H3,(H,20,21)(H,18,19,22). The SMILES string of the molecule is Cc1nc(C)c(CCC(=O)NC2CCCC2CNS(C)(=O)=O)c(=O)[nH]1. The van der Waals surface area contributed by atoms with Gasteiger partial charge in [0.15, 0.2) is 0 Å². The van der Waals surface area contributed by atoms with E-state index in [1.165, 1.54) is 0 Å². The zero-order valence-corrected chi connectivity index (χ0v) is 15.7. The maximum absolute atomic E-state index is 12.2. The fraction of sp³-hybridized carbons (Fsp3) is 0.688. The molecule has 0 spiro atoms. The lowest BCUT2D eigenvalue weighted by Gasteiger charge is -2.21. The maximum Gasteiger partial charge on any atom is 0.254 e. The quantitative estimate of drug-likeness (QED) is 0.631. The number of hydrogen-bond donors (Lipinski definition) is 3. The summed E-state index contributed by atoms with van der Waals surface area (Å²) in [6, 6.07) is -0.0303. The van der Waals surface area contributed by atoms with Crippen molar-refractivity contribution in [1.29, 1.82) is 0 Å². The van der Waals surface area contributed by atoms with Gasteiger partial charge in [0.25, 0.3) is 5.56 Å². The molecule has 0 bridgehead atoms. The summed E-state index contributed by atoms with van der Waals surface area (Å²) in [4.78, 5) is 31.1. The Morgan fingerprint density at radius 3 is 2.68 bits per heavy atom. The average molecular weight is 370 g/mol. The highest BCUT2D eigenvalue weighted by molar-refractivity contribution is 7.88. The van der Waals surface area contributed by atoms with Crippen LogP contribution in [-0.4, -0.2) is 43.1 Å². The highest BCUT2D eigenvalue weighted by Crippen LogP contribution is 2.25. The predicted molar refractivity (Wildman–Crippen MR) is 94.8 cm³/mol. The van der Waals surface area contributed by atoms with E-state index < -0.39 is 10.0 Å². The largest absolute Gasteiger partial charge is 0.353 e. The lowest BCUT2D eigenvalue weighted by Crippen LogP contribution is -2.42. The Hall–Kier alpha value is -1.74. The Labute approximate surface area is 147 Å². The molecular weight excluding hydrogens is 344 g/mol. The Balaban J connectivity index is 1.88. The van der Waals surface area contributed by atoms with Crippen LogP contribution < -0.4 is 15.6 Å². The van der Waals surface area contributed by atoms with Crippen molar-refractivity contribution in [3.8, 4) is 0 Å². The van der Waals surface area contributed by atoms with E-state index in [-0.39, 0.29) is 29.8 Å². The normalized spacial score (nSPS) is 20.6. The molecule has 1 aromatic heterocycles. The number of nitrogens with zero attached hydrogens (tertiary/aromatic N) is 1. The zero-order chi connectivity index (χ0) is 18.6. The average Bonchev–Trinajstić information content (AvgIpc) is 2.90. The molecule has 140 valence electrons. The van der Waals surface area contributed by atoms with Gasteiger partial charge in [-0.05, 0) is 39.0 Å². The van der Waals surface area contributed by atoms with Gasteiger partial charge in [-0.3, -0.25) is 9.59 Å². The van der Waals surface area contributed by atoms with Gasteiger partial charge in [0.2, 0.25) is 15.9 Å². The van der Waals surface area contributed by atoms with Gasteiger partial charge >= 0.3 is 0 Å². The van der Waals surface area contributed by atoms with Crippen molar-refractivity contribution in [3.63, 3.8) is 0 Å². The molecule has 1 heterocycles. The van der Waals surface area contributed by atoms with Crippen LogP contribution in [0.4, 0.5) is 0 Å². The number of aromatic nitrogens is 2. The Morgan fingerprint density at radius 1 is 1.32 bits per heavy atom. The number of nitrogens with one attached hydrogen (secondary N) is 3. The van der Waals surface area contributed by atoms with E-state index in [1.54, 1.807) is 13.8 Å². The number of rotatable bonds is 7. The van der Waals surface area contributed by atoms with Gasteiger partial charge in [0.1, 0.15) is 5.82 Å². The van der Waals surface area contributed by atoms with Crippen LogP contribution in [-0.2, 0) is 21.2 Å². The minimum atomic E-state index is -3.23. The first-order chi connectivity index (χ1) is 11.7. The number of aromatic amines is 1. The maximum atomic E-state index is 12.2. The third-order valence-electron chi connectivity index (χ3n) is 4.56. The number of carbonyl (C=O) groups excluding carboxylic acids is 1. The summed E-state index contributed by atoms with van der Waals surface area (Å²) in [5.74, 6) is 0.531. The second kappa shape index (κ2) is 8.09. The van der Waals surface area contributed by atoms with Crippen molar-refractivity contribution in [1.82, 2.24) is 20.0 Å². The first-order valence-electron chi connectivity index (χ1n) is 8.46. The molecule has 1 saturated carbocycles. The number of aryl methyl sites for hydroxylation is 2. The van der Waals surface area contributed by atoms with Crippen molar-refractivity contribution in [3.05, 3.63) is 27.4 Å². The summed E-state index contributed by atoms with van der Waals surface area (Å²) >= 11 is 0. The van der Waals surface area contributed by atoms with Crippen LogP contribution in [0.3, 0.4) is 0 Å². The molecule has 2 unspecified atom stereocenters. The monoisotopic (exact) mass is 370 g/mol.